The summed E-state index contributed by atoms with van der Waals surface area (Å²) in [4.78, 5) is 10.9. The Hall–Kier alpha value is -0.850. The molecule has 2 unspecified atom stereocenters. The fraction of sp³-hybridized carbons (Fsp3) is 0.688. The Bertz CT molecular complexity index is 299. The normalized spacial score (nSPS) is 28.4. The van der Waals surface area contributed by atoms with Gasteiger partial charge in [0.2, 0.25) is 0 Å². The average molecular weight is 234 g/mol. The lowest BCUT2D eigenvalue weighted by Crippen LogP contribution is -2.09. The van der Waals surface area contributed by atoms with E-state index in [0.717, 1.165) is 43.5 Å². The lowest BCUT2D eigenvalue weighted by molar-refractivity contribution is -0.105. The Labute approximate surface area is 106 Å². The molecule has 0 fully saturated rings. The Morgan fingerprint density at radius 1 is 1.06 bits per heavy atom. The standard InChI is InChI=1S/C16H26O/c1-13-6-4-5-7-16(12-17)11-10-15(3)14(2)9-8-13/h6-7,12,14-15H,4-5,8-11H2,1-3H3. The molecule has 0 radical (unpaired) electrons. The molecule has 0 aromatic heterocycles. The molecule has 1 heteroatoms. The fourth-order valence-electron chi connectivity index (χ4n) is 2.33. The van der Waals surface area contributed by atoms with Crippen LogP contribution in [0.2, 0.25) is 0 Å². The van der Waals surface area contributed by atoms with Crippen molar-refractivity contribution >= 4 is 6.29 Å². The van der Waals surface area contributed by atoms with E-state index in [1.54, 1.807) is 0 Å². The third kappa shape index (κ3) is 5.34. The van der Waals surface area contributed by atoms with Crippen LogP contribution in [0.15, 0.2) is 23.3 Å². The monoisotopic (exact) mass is 234 g/mol. The van der Waals surface area contributed by atoms with Gasteiger partial charge in [-0.25, -0.2) is 0 Å². The van der Waals surface area contributed by atoms with E-state index in [1.165, 1.54) is 18.4 Å². The van der Waals surface area contributed by atoms with Crippen molar-refractivity contribution in [2.45, 2.75) is 59.3 Å². The molecule has 1 aliphatic rings. The molecule has 1 aliphatic carbocycles. The molecule has 0 saturated heterocycles. The van der Waals surface area contributed by atoms with Crippen LogP contribution in [0.5, 0.6) is 0 Å². The highest BCUT2D eigenvalue weighted by Gasteiger charge is 2.13. The van der Waals surface area contributed by atoms with Crippen LogP contribution in [0.3, 0.4) is 0 Å². The molecule has 0 aromatic carbocycles. The number of carbonyl (C=O) groups excluding carboxylic acids is 1. The highest BCUT2D eigenvalue weighted by molar-refractivity contribution is 5.72. The van der Waals surface area contributed by atoms with Gasteiger partial charge in [-0.3, -0.25) is 4.79 Å². The Balaban J connectivity index is 2.69. The first kappa shape index (κ1) is 14.2. The summed E-state index contributed by atoms with van der Waals surface area (Å²) < 4.78 is 0. The summed E-state index contributed by atoms with van der Waals surface area (Å²) in [5.74, 6) is 1.47. The molecule has 0 aromatic rings. The summed E-state index contributed by atoms with van der Waals surface area (Å²) in [6.45, 7) is 6.89. The first-order chi connectivity index (χ1) is 8.13. The van der Waals surface area contributed by atoms with E-state index in [4.69, 9.17) is 0 Å². The van der Waals surface area contributed by atoms with Crippen LogP contribution in [0.25, 0.3) is 0 Å². The molecule has 96 valence electrons. The van der Waals surface area contributed by atoms with E-state index in [1.807, 2.05) is 0 Å². The first-order valence-electron chi connectivity index (χ1n) is 6.93. The summed E-state index contributed by atoms with van der Waals surface area (Å²) in [7, 11) is 0. The van der Waals surface area contributed by atoms with Crippen LogP contribution < -0.4 is 0 Å². The molecule has 0 spiro atoms. The topological polar surface area (TPSA) is 17.1 Å². The number of allylic oxidation sites excluding steroid dienone is 4. The predicted molar refractivity (Wildman–Crippen MR) is 73.9 cm³/mol. The summed E-state index contributed by atoms with van der Waals surface area (Å²) in [6, 6.07) is 0. The van der Waals surface area contributed by atoms with Gasteiger partial charge in [0.25, 0.3) is 0 Å². The predicted octanol–water partition coefficient (Wildman–Crippen LogP) is 4.68. The lowest BCUT2D eigenvalue weighted by Gasteiger charge is -2.20. The maximum atomic E-state index is 10.9. The van der Waals surface area contributed by atoms with Gasteiger partial charge in [-0.05, 0) is 62.9 Å². The van der Waals surface area contributed by atoms with E-state index in [-0.39, 0.29) is 0 Å². The highest BCUT2D eigenvalue weighted by atomic mass is 16.1. The van der Waals surface area contributed by atoms with Gasteiger partial charge >= 0.3 is 0 Å². The van der Waals surface area contributed by atoms with E-state index in [0.29, 0.717) is 5.92 Å². The fourth-order valence-corrected chi connectivity index (χ4v) is 2.33. The molecular formula is C16H26O. The van der Waals surface area contributed by atoms with Crippen molar-refractivity contribution in [2.24, 2.45) is 11.8 Å². The summed E-state index contributed by atoms with van der Waals surface area (Å²) in [5.41, 5.74) is 2.50. The third-order valence-electron chi connectivity index (χ3n) is 4.07. The molecule has 0 heterocycles. The van der Waals surface area contributed by atoms with Gasteiger partial charge in [0.05, 0.1) is 0 Å². The maximum Gasteiger partial charge on any atom is 0.145 e. The zero-order chi connectivity index (χ0) is 12.7. The zero-order valence-electron chi connectivity index (χ0n) is 11.5. The Kier molecular flexibility index (Phi) is 6.25. The van der Waals surface area contributed by atoms with Crippen molar-refractivity contribution in [1.29, 1.82) is 0 Å². The van der Waals surface area contributed by atoms with Gasteiger partial charge < -0.3 is 0 Å². The van der Waals surface area contributed by atoms with Crippen molar-refractivity contribution in [1.82, 2.24) is 0 Å². The molecule has 2 atom stereocenters. The van der Waals surface area contributed by atoms with Crippen LogP contribution in [0.1, 0.15) is 59.3 Å². The summed E-state index contributed by atoms with van der Waals surface area (Å²) >= 11 is 0. The van der Waals surface area contributed by atoms with E-state index < -0.39 is 0 Å². The Morgan fingerprint density at radius 3 is 2.29 bits per heavy atom. The minimum atomic E-state index is 0.713. The smallest absolute Gasteiger partial charge is 0.145 e. The number of hydrogen-bond acceptors (Lipinski definition) is 1. The minimum absolute atomic E-state index is 0.713. The van der Waals surface area contributed by atoms with Crippen molar-refractivity contribution < 1.29 is 4.79 Å². The SMILES string of the molecule is CC1=CCCC=C(C=O)CCC(C)C(C)CC1. The molecular weight excluding hydrogens is 208 g/mol. The lowest BCUT2D eigenvalue weighted by atomic mass is 9.85. The molecule has 17 heavy (non-hydrogen) atoms. The molecule has 0 aliphatic heterocycles. The average Bonchev–Trinajstić information content (AvgIpc) is 2.33. The van der Waals surface area contributed by atoms with Crippen LogP contribution >= 0.6 is 0 Å². The maximum absolute atomic E-state index is 10.9. The number of carbonyl (C=O) groups is 1. The van der Waals surface area contributed by atoms with Gasteiger partial charge in [0.1, 0.15) is 6.29 Å². The van der Waals surface area contributed by atoms with Crippen molar-refractivity contribution in [2.75, 3.05) is 0 Å². The summed E-state index contributed by atoms with van der Waals surface area (Å²) in [6.07, 6.45) is 12.2. The zero-order valence-corrected chi connectivity index (χ0v) is 11.5. The van der Waals surface area contributed by atoms with Crippen LogP contribution in [0, 0.1) is 11.8 Å². The van der Waals surface area contributed by atoms with E-state index >= 15 is 0 Å². The number of hydrogen-bond donors (Lipinski definition) is 0. The second-order valence-electron chi connectivity index (χ2n) is 5.56. The second kappa shape index (κ2) is 7.47. The molecule has 0 bridgehead atoms. The quantitative estimate of drug-likeness (QED) is 0.475. The van der Waals surface area contributed by atoms with Gasteiger partial charge in [-0.1, -0.05) is 31.6 Å². The van der Waals surface area contributed by atoms with Crippen molar-refractivity contribution in [3.05, 3.63) is 23.3 Å². The molecule has 1 rings (SSSR count). The van der Waals surface area contributed by atoms with E-state index in [9.17, 15) is 4.79 Å². The largest absolute Gasteiger partial charge is 0.298 e. The Morgan fingerprint density at radius 2 is 1.65 bits per heavy atom. The van der Waals surface area contributed by atoms with Crippen molar-refractivity contribution in [3.8, 4) is 0 Å². The third-order valence-corrected chi connectivity index (χ3v) is 4.07. The van der Waals surface area contributed by atoms with E-state index in [2.05, 4.69) is 32.9 Å². The van der Waals surface area contributed by atoms with Crippen LogP contribution in [-0.2, 0) is 4.79 Å². The van der Waals surface area contributed by atoms with Gasteiger partial charge in [0.15, 0.2) is 0 Å². The molecule has 0 saturated carbocycles. The van der Waals surface area contributed by atoms with Gasteiger partial charge in [-0.2, -0.15) is 0 Å². The van der Waals surface area contributed by atoms with Gasteiger partial charge in [0, 0.05) is 0 Å². The number of aldehydes is 1. The molecule has 0 amide bonds. The molecule has 0 N–H and O–H groups in total. The second-order valence-corrected chi connectivity index (χ2v) is 5.56. The van der Waals surface area contributed by atoms with Crippen LogP contribution in [-0.4, -0.2) is 6.29 Å². The summed E-state index contributed by atoms with van der Waals surface area (Å²) in [5, 5.41) is 0. The van der Waals surface area contributed by atoms with Crippen LogP contribution in [0.4, 0.5) is 0 Å². The molecule has 1 nitrogen and oxygen atoms in total. The van der Waals surface area contributed by atoms with Crippen molar-refractivity contribution in [3.63, 3.8) is 0 Å². The number of rotatable bonds is 1. The van der Waals surface area contributed by atoms with Gasteiger partial charge in [-0.15, -0.1) is 0 Å². The first-order valence-corrected chi connectivity index (χ1v) is 6.93. The minimum Gasteiger partial charge on any atom is -0.298 e. The highest BCUT2D eigenvalue weighted by Crippen LogP contribution is 2.25.